The van der Waals surface area contributed by atoms with Gasteiger partial charge in [-0.1, -0.05) is 6.92 Å². The zero-order chi connectivity index (χ0) is 14.6. The molecule has 0 saturated carbocycles. The average Bonchev–Trinajstić information content (AvgIpc) is 2.46. The van der Waals surface area contributed by atoms with Gasteiger partial charge < -0.3 is 15.8 Å². The summed E-state index contributed by atoms with van der Waals surface area (Å²) in [6, 6.07) is 4.86. The van der Waals surface area contributed by atoms with Crippen LogP contribution >= 0.6 is 0 Å². The Hall–Kier alpha value is -1.31. The molecule has 0 radical (unpaired) electrons. The molecule has 1 heterocycles. The number of nitrogens with one attached hydrogen (secondary N) is 2. The molecule has 6 nitrogen and oxygen atoms in total. The van der Waals surface area contributed by atoms with Crippen LogP contribution in [0, 0.1) is 0 Å². The molecule has 1 aliphatic rings. The molecule has 1 atom stereocenters. The SMILES string of the molecule is CCC1CNc2cc(S(=O)(=O)NCCCN)ccc2O1. The predicted octanol–water partition coefficient (Wildman–Crippen LogP) is 0.897. The lowest BCUT2D eigenvalue weighted by atomic mass is 10.2. The fourth-order valence-corrected chi connectivity index (χ4v) is 3.08. The Kier molecular flexibility index (Phi) is 4.85. The zero-order valence-corrected chi connectivity index (χ0v) is 12.4. The first-order valence-corrected chi connectivity index (χ1v) is 8.29. The summed E-state index contributed by atoms with van der Waals surface area (Å²) < 4.78 is 32.5. The summed E-state index contributed by atoms with van der Waals surface area (Å²) in [6.07, 6.45) is 1.66. The molecule has 112 valence electrons. The van der Waals surface area contributed by atoms with Crippen LogP contribution in [0.4, 0.5) is 5.69 Å². The lowest BCUT2D eigenvalue weighted by molar-refractivity contribution is 0.201. The first kappa shape index (κ1) is 15.1. The minimum Gasteiger partial charge on any atom is -0.486 e. The van der Waals surface area contributed by atoms with Crippen LogP contribution in [0.3, 0.4) is 0 Å². The molecule has 0 saturated heterocycles. The van der Waals surface area contributed by atoms with Gasteiger partial charge in [-0.3, -0.25) is 0 Å². The molecule has 0 bridgehead atoms. The van der Waals surface area contributed by atoms with Gasteiger partial charge in [0.25, 0.3) is 0 Å². The molecule has 4 N–H and O–H groups in total. The minimum absolute atomic E-state index is 0.132. The van der Waals surface area contributed by atoms with Crippen molar-refractivity contribution in [2.75, 3.05) is 25.0 Å². The molecule has 1 aromatic rings. The smallest absolute Gasteiger partial charge is 0.240 e. The number of anilines is 1. The molecule has 7 heteroatoms. The molecule has 0 spiro atoms. The highest BCUT2D eigenvalue weighted by Gasteiger charge is 2.21. The number of sulfonamides is 1. The van der Waals surface area contributed by atoms with Crippen molar-refractivity contribution in [3.8, 4) is 5.75 Å². The van der Waals surface area contributed by atoms with E-state index in [1.54, 1.807) is 18.2 Å². The molecule has 0 fully saturated rings. The Balaban J connectivity index is 2.15. The predicted molar refractivity (Wildman–Crippen MR) is 78.5 cm³/mol. The highest BCUT2D eigenvalue weighted by Crippen LogP contribution is 2.31. The van der Waals surface area contributed by atoms with E-state index in [1.165, 1.54) is 0 Å². The van der Waals surface area contributed by atoms with E-state index in [0.717, 1.165) is 12.1 Å². The molecule has 0 aliphatic carbocycles. The topological polar surface area (TPSA) is 93.5 Å². The van der Waals surface area contributed by atoms with E-state index in [2.05, 4.69) is 17.0 Å². The molecule has 2 rings (SSSR count). The Morgan fingerprint density at radius 3 is 3.00 bits per heavy atom. The van der Waals surface area contributed by atoms with Gasteiger partial charge in [0.15, 0.2) is 0 Å². The van der Waals surface area contributed by atoms with E-state index in [1.807, 2.05) is 0 Å². The van der Waals surface area contributed by atoms with Gasteiger partial charge in [0.1, 0.15) is 11.9 Å². The highest BCUT2D eigenvalue weighted by atomic mass is 32.2. The van der Waals surface area contributed by atoms with Crippen molar-refractivity contribution in [1.82, 2.24) is 4.72 Å². The quantitative estimate of drug-likeness (QED) is 0.679. The summed E-state index contributed by atoms with van der Waals surface area (Å²) in [4.78, 5) is 0.235. The average molecular weight is 299 g/mol. The van der Waals surface area contributed by atoms with Crippen LogP contribution in [-0.2, 0) is 10.0 Å². The minimum atomic E-state index is -3.49. The van der Waals surface area contributed by atoms with Gasteiger partial charge in [-0.15, -0.1) is 0 Å². The summed E-state index contributed by atoms with van der Waals surface area (Å²) in [5, 5.41) is 3.21. The summed E-state index contributed by atoms with van der Waals surface area (Å²) in [7, 11) is -3.49. The van der Waals surface area contributed by atoms with E-state index in [-0.39, 0.29) is 11.0 Å². The zero-order valence-electron chi connectivity index (χ0n) is 11.6. The third kappa shape index (κ3) is 3.41. The summed E-state index contributed by atoms with van der Waals surface area (Å²) in [6.45, 7) is 3.55. The van der Waals surface area contributed by atoms with Crippen LogP contribution in [0.2, 0.25) is 0 Å². The maximum absolute atomic E-state index is 12.1. The largest absolute Gasteiger partial charge is 0.486 e. The standard InChI is InChI=1S/C13H21N3O3S/c1-2-10-9-15-12-8-11(4-5-13(12)19-10)20(17,18)16-7-3-6-14/h4-5,8,10,15-16H,2-3,6-7,9,14H2,1H3. The third-order valence-electron chi connectivity index (χ3n) is 3.20. The number of rotatable bonds is 6. The molecule has 1 unspecified atom stereocenters. The van der Waals surface area contributed by atoms with E-state index >= 15 is 0 Å². The van der Waals surface area contributed by atoms with Crippen LogP contribution in [0.1, 0.15) is 19.8 Å². The lowest BCUT2D eigenvalue weighted by Gasteiger charge is -2.26. The second-order valence-corrected chi connectivity index (χ2v) is 6.49. The molecule has 1 aromatic carbocycles. The first-order valence-electron chi connectivity index (χ1n) is 6.81. The van der Waals surface area contributed by atoms with E-state index in [0.29, 0.717) is 31.8 Å². The van der Waals surface area contributed by atoms with Crippen LogP contribution < -0.4 is 20.5 Å². The number of hydrogen-bond acceptors (Lipinski definition) is 5. The summed E-state index contributed by atoms with van der Waals surface area (Å²) in [5.74, 6) is 0.698. The molecule has 20 heavy (non-hydrogen) atoms. The molecule has 0 aromatic heterocycles. The van der Waals surface area contributed by atoms with Crippen molar-refractivity contribution < 1.29 is 13.2 Å². The Labute approximate surface area is 119 Å². The van der Waals surface area contributed by atoms with Crippen LogP contribution in [-0.4, -0.2) is 34.2 Å². The van der Waals surface area contributed by atoms with Gasteiger partial charge in [0.2, 0.25) is 10.0 Å². The fourth-order valence-electron chi connectivity index (χ4n) is 1.98. The van der Waals surface area contributed by atoms with Gasteiger partial charge in [-0.2, -0.15) is 0 Å². The van der Waals surface area contributed by atoms with E-state index in [4.69, 9.17) is 10.5 Å². The third-order valence-corrected chi connectivity index (χ3v) is 4.66. The number of hydrogen-bond donors (Lipinski definition) is 3. The van der Waals surface area contributed by atoms with Crippen molar-refractivity contribution in [3.05, 3.63) is 18.2 Å². The second kappa shape index (κ2) is 6.43. The number of nitrogens with two attached hydrogens (primary N) is 1. The normalized spacial score (nSPS) is 18.0. The summed E-state index contributed by atoms with van der Waals surface area (Å²) in [5.41, 5.74) is 6.07. The molecular weight excluding hydrogens is 278 g/mol. The number of ether oxygens (including phenoxy) is 1. The van der Waals surface area contributed by atoms with Gasteiger partial charge in [-0.05, 0) is 37.6 Å². The molecular formula is C13H21N3O3S. The maximum Gasteiger partial charge on any atom is 0.240 e. The Morgan fingerprint density at radius 2 is 2.30 bits per heavy atom. The first-order chi connectivity index (χ1) is 9.56. The van der Waals surface area contributed by atoms with E-state index in [9.17, 15) is 8.42 Å². The number of fused-ring (bicyclic) bond motifs is 1. The van der Waals surface area contributed by atoms with Crippen LogP contribution in [0.5, 0.6) is 5.75 Å². The number of benzene rings is 1. The Bertz CT molecular complexity index is 560. The van der Waals surface area contributed by atoms with Gasteiger partial charge in [0.05, 0.1) is 17.1 Å². The Morgan fingerprint density at radius 1 is 1.50 bits per heavy atom. The van der Waals surface area contributed by atoms with E-state index < -0.39 is 10.0 Å². The van der Waals surface area contributed by atoms with Crippen LogP contribution in [0.25, 0.3) is 0 Å². The van der Waals surface area contributed by atoms with Crippen molar-refractivity contribution >= 4 is 15.7 Å². The van der Waals surface area contributed by atoms with Crippen molar-refractivity contribution in [2.45, 2.75) is 30.8 Å². The molecule has 0 amide bonds. The highest BCUT2D eigenvalue weighted by molar-refractivity contribution is 7.89. The van der Waals surface area contributed by atoms with Crippen LogP contribution in [0.15, 0.2) is 23.1 Å². The van der Waals surface area contributed by atoms with Crippen molar-refractivity contribution in [3.63, 3.8) is 0 Å². The van der Waals surface area contributed by atoms with Gasteiger partial charge in [0, 0.05) is 6.54 Å². The van der Waals surface area contributed by atoms with Gasteiger partial charge >= 0.3 is 0 Å². The monoisotopic (exact) mass is 299 g/mol. The molecule has 1 aliphatic heterocycles. The summed E-state index contributed by atoms with van der Waals surface area (Å²) >= 11 is 0. The van der Waals surface area contributed by atoms with Gasteiger partial charge in [-0.25, -0.2) is 13.1 Å². The second-order valence-electron chi connectivity index (χ2n) is 4.73. The van der Waals surface area contributed by atoms with Crippen molar-refractivity contribution in [2.24, 2.45) is 5.73 Å². The maximum atomic E-state index is 12.1. The lowest BCUT2D eigenvalue weighted by Crippen LogP contribution is -2.30. The fraction of sp³-hybridized carbons (Fsp3) is 0.538. The van der Waals surface area contributed by atoms with Crippen molar-refractivity contribution in [1.29, 1.82) is 0 Å².